The normalized spacial score (nSPS) is 11.6. The predicted molar refractivity (Wildman–Crippen MR) is 42.5 cm³/mol. The highest BCUT2D eigenvalue weighted by molar-refractivity contribution is 7.40. The van der Waals surface area contributed by atoms with Crippen molar-refractivity contribution in [2.24, 2.45) is 4.99 Å². The van der Waals surface area contributed by atoms with Crippen molar-refractivity contribution in [1.29, 1.82) is 0 Å². The SMILES string of the molecule is C=C(C)C/N=C(\C)P. The Kier molecular flexibility index (Phi) is 3.72. The molecule has 46 valence electrons. The molecule has 0 bridgehead atoms. The van der Waals surface area contributed by atoms with E-state index in [4.69, 9.17) is 0 Å². The van der Waals surface area contributed by atoms with Crippen molar-refractivity contribution in [2.75, 3.05) is 6.54 Å². The van der Waals surface area contributed by atoms with Gasteiger partial charge in [-0.1, -0.05) is 21.4 Å². The first-order chi connectivity index (χ1) is 3.63. The van der Waals surface area contributed by atoms with Crippen LogP contribution in [0, 0.1) is 0 Å². The van der Waals surface area contributed by atoms with Crippen LogP contribution in [0.25, 0.3) is 0 Å². The highest BCUT2D eigenvalue weighted by atomic mass is 31.0. The summed E-state index contributed by atoms with van der Waals surface area (Å²) >= 11 is 0. The molecule has 0 saturated carbocycles. The van der Waals surface area contributed by atoms with Crippen molar-refractivity contribution in [3.05, 3.63) is 12.2 Å². The fourth-order valence-electron chi connectivity index (χ4n) is 0.260. The third-order valence-corrected chi connectivity index (χ3v) is 0.781. The van der Waals surface area contributed by atoms with Gasteiger partial charge in [0, 0.05) is 5.45 Å². The Bertz CT molecular complexity index is 112. The molecule has 0 aliphatic rings. The van der Waals surface area contributed by atoms with Crippen LogP contribution in [0.2, 0.25) is 0 Å². The number of hydrogen-bond acceptors (Lipinski definition) is 1. The molecule has 0 aromatic heterocycles. The van der Waals surface area contributed by atoms with Gasteiger partial charge in [-0.25, -0.2) is 0 Å². The van der Waals surface area contributed by atoms with E-state index < -0.39 is 0 Å². The van der Waals surface area contributed by atoms with Gasteiger partial charge in [-0.05, 0) is 13.8 Å². The lowest BCUT2D eigenvalue weighted by Gasteiger charge is -1.90. The number of aliphatic imine (C=N–C) groups is 1. The summed E-state index contributed by atoms with van der Waals surface area (Å²) < 4.78 is 0. The molecular weight excluding hydrogens is 117 g/mol. The van der Waals surface area contributed by atoms with Crippen molar-refractivity contribution in [3.8, 4) is 0 Å². The lowest BCUT2D eigenvalue weighted by Crippen LogP contribution is -1.82. The van der Waals surface area contributed by atoms with E-state index in [2.05, 4.69) is 20.8 Å². The Morgan fingerprint density at radius 2 is 2.12 bits per heavy atom. The van der Waals surface area contributed by atoms with Crippen molar-refractivity contribution in [2.45, 2.75) is 13.8 Å². The van der Waals surface area contributed by atoms with Gasteiger partial charge < -0.3 is 0 Å². The number of rotatable bonds is 2. The maximum atomic E-state index is 4.10. The largest absolute Gasteiger partial charge is 0.286 e. The molecule has 1 unspecified atom stereocenters. The summed E-state index contributed by atoms with van der Waals surface area (Å²) in [5.74, 6) is 0. The second-order valence-corrected chi connectivity index (χ2v) is 2.75. The van der Waals surface area contributed by atoms with Crippen molar-refractivity contribution in [1.82, 2.24) is 0 Å². The summed E-state index contributed by atoms with van der Waals surface area (Å²) in [7, 11) is 2.53. The van der Waals surface area contributed by atoms with E-state index >= 15 is 0 Å². The summed E-state index contributed by atoms with van der Waals surface area (Å²) in [6.45, 7) is 8.39. The number of hydrogen-bond donors (Lipinski definition) is 0. The minimum atomic E-state index is 0.759. The third kappa shape index (κ3) is 5.84. The van der Waals surface area contributed by atoms with E-state index in [0.717, 1.165) is 17.6 Å². The Morgan fingerprint density at radius 1 is 1.62 bits per heavy atom. The Hall–Kier alpha value is -0.160. The molecule has 0 rings (SSSR count). The molecule has 1 nitrogen and oxygen atoms in total. The molecule has 0 N–H and O–H groups in total. The van der Waals surface area contributed by atoms with Crippen molar-refractivity contribution < 1.29 is 0 Å². The average molecular weight is 129 g/mol. The van der Waals surface area contributed by atoms with Gasteiger partial charge in [0.2, 0.25) is 0 Å². The Morgan fingerprint density at radius 3 is 2.25 bits per heavy atom. The van der Waals surface area contributed by atoms with Gasteiger partial charge in [0.25, 0.3) is 0 Å². The molecule has 0 saturated heterocycles. The van der Waals surface area contributed by atoms with Crippen LogP contribution in [0.3, 0.4) is 0 Å². The van der Waals surface area contributed by atoms with Crippen LogP contribution in [0.5, 0.6) is 0 Å². The molecule has 0 spiro atoms. The Balaban J connectivity index is 3.45. The van der Waals surface area contributed by atoms with E-state index in [-0.39, 0.29) is 0 Å². The van der Waals surface area contributed by atoms with Crippen LogP contribution in [0.4, 0.5) is 0 Å². The van der Waals surface area contributed by atoms with Gasteiger partial charge in [0.1, 0.15) is 0 Å². The topological polar surface area (TPSA) is 12.4 Å². The molecule has 0 radical (unpaired) electrons. The molecule has 0 amide bonds. The van der Waals surface area contributed by atoms with Gasteiger partial charge in [-0.15, -0.1) is 0 Å². The maximum absolute atomic E-state index is 4.10. The van der Waals surface area contributed by atoms with Crippen LogP contribution in [-0.4, -0.2) is 12.0 Å². The highest BCUT2D eigenvalue weighted by Gasteiger charge is 1.79. The van der Waals surface area contributed by atoms with Gasteiger partial charge in [0.05, 0.1) is 6.54 Å². The second-order valence-electron chi connectivity index (χ2n) is 1.91. The van der Waals surface area contributed by atoms with Crippen molar-refractivity contribution in [3.63, 3.8) is 0 Å². The van der Waals surface area contributed by atoms with Gasteiger partial charge >= 0.3 is 0 Å². The van der Waals surface area contributed by atoms with Crippen LogP contribution in [0.15, 0.2) is 17.1 Å². The fourth-order valence-corrected chi connectivity index (χ4v) is 0.351. The highest BCUT2D eigenvalue weighted by Crippen LogP contribution is 1.92. The van der Waals surface area contributed by atoms with Gasteiger partial charge in [0.15, 0.2) is 0 Å². The quantitative estimate of drug-likeness (QED) is 0.306. The number of nitrogens with zero attached hydrogens (tertiary/aromatic N) is 1. The summed E-state index contributed by atoms with van der Waals surface area (Å²) in [5, 5.41) is 0. The van der Waals surface area contributed by atoms with E-state index in [1.165, 1.54) is 0 Å². The van der Waals surface area contributed by atoms with E-state index in [9.17, 15) is 0 Å². The molecule has 0 heterocycles. The minimum absolute atomic E-state index is 0.759. The van der Waals surface area contributed by atoms with Crippen LogP contribution in [-0.2, 0) is 0 Å². The van der Waals surface area contributed by atoms with E-state index in [1.54, 1.807) is 0 Å². The molecule has 0 aromatic rings. The molecule has 8 heavy (non-hydrogen) atoms. The molecule has 1 atom stereocenters. The summed E-state index contributed by atoms with van der Waals surface area (Å²) in [5.41, 5.74) is 2.14. The summed E-state index contributed by atoms with van der Waals surface area (Å²) in [4.78, 5) is 4.10. The smallest absolute Gasteiger partial charge is 0.0597 e. The van der Waals surface area contributed by atoms with Crippen LogP contribution < -0.4 is 0 Å². The zero-order chi connectivity index (χ0) is 6.57. The van der Waals surface area contributed by atoms with E-state index in [1.807, 2.05) is 13.8 Å². The first-order valence-corrected chi connectivity index (χ1v) is 3.11. The Labute approximate surface area is 53.1 Å². The second kappa shape index (κ2) is 3.80. The molecular formula is C6H12NP. The van der Waals surface area contributed by atoms with Crippen LogP contribution in [0.1, 0.15) is 13.8 Å². The minimum Gasteiger partial charge on any atom is -0.286 e. The lowest BCUT2D eigenvalue weighted by molar-refractivity contribution is 1.15. The fraction of sp³-hybridized carbons (Fsp3) is 0.500. The van der Waals surface area contributed by atoms with Gasteiger partial charge in [-0.2, -0.15) is 0 Å². The monoisotopic (exact) mass is 129 g/mol. The van der Waals surface area contributed by atoms with Gasteiger partial charge in [-0.3, -0.25) is 4.99 Å². The average Bonchev–Trinajstić information content (AvgIpc) is 1.61. The zero-order valence-electron chi connectivity index (χ0n) is 5.44. The summed E-state index contributed by atoms with van der Waals surface area (Å²) in [6, 6.07) is 0. The molecule has 2 heteroatoms. The first kappa shape index (κ1) is 7.84. The van der Waals surface area contributed by atoms with E-state index in [0.29, 0.717) is 0 Å². The molecule has 0 aliphatic carbocycles. The first-order valence-electron chi connectivity index (χ1n) is 2.54. The third-order valence-electron chi connectivity index (χ3n) is 0.598. The molecule has 0 aliphatic heterocycles. The predicted octanol–water partition coefficient (Wildman–Crippen LogP) is 1.86. The van der Waals surface area contributed by atoms with Crippen LogP contribution >= 0.6 is 9.24 Å². The molecule has 0 aromatic carbocycles. The zero-order valence-corrected chi connectivity index (χ0v) is 6.59. The molecule has 0 fully saturated rings. The van der Waals surface area contributed by atoms with Crippen molar-refractivity contribution >= 4 is 14.7 Å². The standard InChI is InChI=1S/C6H12NP/c1-5(2)4-7-6(3)8/h1,4,8H2,2-3H3/b7-6+. The maximum Gasteiger partial charge on any atom is 0.0597 e. The lowest BCUT2D eigenvalue weighted by atomic mass is 10.4. The summed E-state index contributed by atoms with van der Waals surface area (Å²) in [6.07, 6.45) is 0.